The summed E-state index contributed by atoms with van der Waals surface area (Å²) in [5.74, 6) is 0. The van der Waals surface area contributed by atoms with Crippen molar-refractivity contribution in [1.29, 1.82) is 0 Å². The molecule has 244 valence electrons. The number of aromatic nitrogens is 1. The molecule has 0 amide bonds. The van der Waals surface area contributed by atoms with Crippen molar-refractivity contribution in [1.82, 2.24) is 4.57 Å². The molecular weight excluding hydrogens is 700 g/mol. The fourth-order valence-electron chi connectivity index (χ4n) is 8.00. The Hall–Kier alpha value is -6.32. The van der Waals surface area contributed by atoms with Crippen LogP contribution in [0.5, 0.6) is 0 Å². The van der Waals surface area contributed by atoms with E-state index in [0.717, 1.165) is 44.7 Å². The van der Waals surface area contributed by atoms with E-state index >= 15 is 0 Å². The Morgan fingerprint density at radius 3 is 1.98 bits per heavy atom. The van der Waals surface area contributed by atoms with Crippen LogP contribution in [0.15, 0.2) is 186 Å². The molecule has 4 heteroatoms. The van der Waals surface area contributed by atoms with Gasteiger partial charge < -0.3 is 4.57 Å². The number of fused-ring (bicyclic) bond motifs is 9. The van der Waals surface area contributed by atoms with Crippen molar-refractivity contribution in [3.63, 3.8) is 0 Å². The Bertz CT molecular complexity index is 3130. The standard InChI is InChI=1S/C48H30N2OSe/c1-2-11-33(12-3-1)50-42-17-7-4-13-36(42)41-30-35(26-28-43(41)50)49(44-18-10-16-40-37-14-5-8-19-45(37)51-48(40)44)34-24-21-31(22-25-34)32-23-27-39-38-15-6-9-20-46(38)52-47(39)29-32/h1-30H. The van der Waals surface area contributed by atoms with Gasteiger partial charge in [0.1, 0.15) is 0 Å². The van der Waals surface area contributed by atoms with Gasteiger partial charge in [-0.25, -0.2) is 0 Å². The number of hydrogen-bond acceptors (Lipinski definition) is 2. The van der Waals surface area contributed by atoms with Crippen LogP contribution < -0.4 is 4.90 Å². The topological polar surface area (TPSA) is 21.3 Å². The second-order valence-corrected chi connectivity index (χ2v) is 15.6. The molecular formula is C48H30N2OSe. The first kappa shape index (κ1) is 29.4. The maximum absolute atomic E-state index is 6.65. The smallest absolute Gasteiger partial charge is 0.0602 e. The summed E-state index contributed by atoms with van der Waals surface area (Å²) in [6.45, 7) is 0. The van der Waals surface area contributed by atoms with Crippen LogP contribution in [-0.2, 0) is 0 Å². The van der Waals surface area contributed by atoms with E-state index < -0.39 is 0 Å². The molecule has 0 spiro atoms. The molecule has 0 fully saturated rings. The van der Waals surface area contributed by atoms with E-state index in [1.165, 1.54) is 52.2 Å². The van der Waals surface area contributed by atoms with Crippen LogP contribution in [-0.4, -0.2) is 19.1 Å². The third-order valence-corrected chi connectivity index (χ3v) is 12.8. The zero-order valence-electron chi connectivity index (χ0n) is 28.0. The number of nitrogens with zero attached hydrogens (tertiary/aromatic N) is 2. The van der Waals surface area contributed by atoms with Crippen molar-refractivity contribution in [3.05, 3.63) is 182 Å². The van der Waals surface area contributed by atoms with Gasteiger partial charge in [0.25, 0.3) is 0 Å². The summed E-state index contributed by atoms with van der Waals surface area (Å²) in [6.07, 6.45) is 0. The van der Waals surface area contributed by atoms with E-state index in [2.05, 4.69) is 185 Å². The van der Waals surface area contributed by atoms with E-state index in [1.54, 1.807) is 0 Å². The van der Waals surface area contributed by atoms with Gasteiger partial charge in [0.15, 0.2) is 0 Å². The first-order valence-electron chi connectivity index (χ1n) is 17.6. The van der Waals surface area contributed by atoms with Gasteiger partial charge in [0.2, 0.25) is 0 Å². The Kier molecular flexibility index (Phi) is 6.57. The van der Waals surface area contributed by atoms with Crippen molar-refractivity contribution >= 4 is 94.6 Å². The predicted molar refractivity (Wildman–Crippen MR) is 220 cm³/mol. The first-order chi connectivity index (χ1) is 25.8. The fourth-order valence-corrected chi connectivity index (χ4v) is 10.4. The average molecular weight is 730 g/mol. The minimum Gasteiger partial charge on any atom is -0.0602 e. The molecule has 0 unspecified atom stereocenters. The molecule has 3 heterocycles. The van der Waals surface area contributed by atoms with Crippen molar-refractivity contribution in [2.24, 2.45) is 0 Å². The summed E-state index contributed by atoms with van der Waals surface area (Å²) in [6, 6.07) is 65.8. The van der Waals surface area contributed by atoms with Gasteiger partial charge in [-0.05, 0) is 24.3 Å². The number of benzene rings is 8. The molecule has 0 saturated heterocycles. The predicted octanol–water partition coefficient (Wildman–Crippen LogP) is 13.2. The van der Waals surface area contributed by atoms with E-state index in [4.69, 9.17) is 4.42 Å². The van der Waals surface area contributed by atoms with E-state index in [9.17, 15) is 0 Å². The summed E-state index contributed by atoms with van der Waals surface area (Å²) in [4.78, 5) is 2.35. The van der Waals surface area contributed by atoms with Crippen LogP contribution in [0, 0.1) is 0 Å². The molecule has 0 aliphatic rings. The number of furan rings is 1. The van der Waals surface area contributed by atoms with Gasteiger partial charge in [-0.2, -0.15) is 0 Å². The SMILES string of the molecule is c1ccc(-n2c3ccccc3c3cc(N(c4ccc(-c5ccc6c(c5)[se]c5ccccc56)cc4)c4cccc5c4oc4ccccc45)ccc32)cc1. The monoisotopic (exact) mass is 730 g/mol. The molecule has 0 saturated carbocycles. The van der Waals surface area contributed by atoms with Gasteiger partial charge in [-0.1, -0.05) is 54.6 Å². The van der Waals surface area contributed by atoms with Gasteiger partial charge in [-0.15, -0.1) is 0 Å². The fraction of sp³-hybridized carbons (Fsp3) is 0. The summed E-state index contributed by atoms with van der Waals surface area (Å²) in [5.41, 5.74) is 10.9. The molecule has 8 aromatic carbocycles. The Morgan fingerprint density at radius 2 is 1.10 bits per heavy atom. The summed E-state index contributed by atoms with van der Waals surface area (Å²) >= 11 is 0.326. The van der Waals surface area contributed by atoms with Crippen LogP contribution >= 0.6 is 0 Å². The first-order valence-corrected chi connectivity index (χ1v) is 19.3. The van der Waals surface area contributed by atoms with E-state index in [1.807, 2.05) is 6.07 Å². The minimum atomic E-state index is 0.326. The molecule has 0 bridgehead atoms. The Morgan fingerprint density at radius 1 is 0.423 bits per heavy atom. The number of anilines is 3. The van der Waals surface area contributed by atoms with Crippen molar-refractivity contribution in [3.8, 4) is 16.8 Å². The molecule has 3 aromatic heterocycles. The summed E-state index contributed by atoms with van der Waals surface area (Å²) in [7, 11) is 0. The second-order valence-electron chi connectivity index (χ2n) is 13.3. The molecule has 52 heavy (non-hydrogen) atoms. The average Bonchev–Trinajstić information content (AvgIpc) is 3.88. The van der Waals surface area contributed by atoms with Crippen LogP contribution in [0.25, 0.3) is 79.9 Å². The summed E-state index contributed by atoms with van der Waals surface area (Å²) in [5, 5.41) is 7.43. The normalized spacial score (nSPS) is 11.8. The van der Waals surface area contributed by atoms with Crippen LogP contribution in [0.2, 0.25) is 0 Å². The summed E-state index contributed by atoms with van der Waals surface area (Å²) < 4.78 is 11.9. The number of hydrogen-bond donors (Lipinski definition) is 0. The molecule has 0 atom stereocenters. The van der Waals surface area contributed by atoms with Gasteiger partial charge in [-0.3, -0.25) is 0 Å². The molecule has 0 N–H and O–H groups in total. The molecule has 0 aliphatic carbocycles. The molecule has 11 rings (SSSR count). The molecule has 11 aromatic rings. The minimum absolute atomic E-state index is 0.326. The molecule has 0 radical (unpaired) electrons. The van der Waals surface area contributed by atoms with Crippen molar-refractivity contribution in [2.45, 2.75) is 0 Å². The van der Waals surface area contributed by atoms with E-state index in [0.29, 0.717) is 14.5 Å². The maximum atomic E-state index is 6.65. The zero-order chi connectivity index (χ0) is 34.2. The van der Waals surface area contributed by atoms with Crippen molar-refractivity contribution in [2.75, 3.05) is 4.90 Å². The van der Waals surface area contributed by atoms with Crippen LogP contribution in [0.4, 0.5) is 17.1 Å². The van der Waals surface area contributed by atoms with Gasteiger partial charge in [0, 0.05) is 5.69 Å². The van der Waals surface area contributed by atoms with Gasteiger partial charge in [0.05, 0.1) is 5.52 Å². The zero-order valence-corrected chi connectivity index (χ0v) is 29.7. The Labute approximate surface area is 305 Å². The third kappa shape index (κ3) is 4.52. The van der Waals surface area contributed by atoms with Crippen LogP contribution in [0.3, 0.4) is 0 Å². The van der Waals surface area contributed by atoms with Gasteiger partial charge >= 0.3 is 213 Å². The molecule has 3 nitrogen and oxygen atoms in total. The van der Waals surface area contributed by atoms with E-state index in [-0.39, 0.29) is 0 Å². The molecule has 0 aliphatic heterocycles. The quantitative estimate of drug-likeness (QED) is 0.165. The second kappa shape index (κ2) is 11.6. The third-order valence-electron chi connectivity index (χ3n) is 10.4. The van der Waals surface area contributed by atoms with Crippen molar-refractivity contribution < 1.29 is 4.42 Å². The number of para-hydroxylation sites is 4. The number of rotatable bonds is 5. The van der Waals surface area contributed by atoms with Crippen LogP contribution in [0.1, 0.15) is 0 Å². The Balaban J connectivity index is 1.10.